The van der Waals surface area contributed by atoms with Crippen molar-refractivity contribution in [1.82, 2.24) is 5.32 Å². The molecule has 4 heteroatoms. The molecule has 18 heavy (non-hydrogen) atoms. The molecule has 1 aliphatic rings. The molecule has 1 saturated carbocycles. The van der Waals surface area contributed by atoms with Crippen LogP contribution in [-0.4, -0.2) is 30.7 Å². The van der Waals surface area contributed by atoms with E-state index in [1.165, 1.54) is 0 Å². The largest absolute Gasteiger partial charge is 0.377 e. The first kappa shape index (κ1) is 15.4. The molecule has 3 N–H and O–H groups in total. The summed E-state index contributed by atoms with van der Waals surface area (Å²) < 4.78 is 5.92. The Hall–Kier alpha value is -0.610. The highest BCUT2D eigenvalue weighted by atomic mass is 16.5. The molecule has 1 amide bonds. The third-order valence-electron chi connectivity index (χ3n) is 3.80. The maximum Gasteiger partial charge on any atom is 0.218 e. The van der Waals surface area contributed by atoms with Gasteiger partial charge in [-0.15, -0.1) is 0 Å². The molecule has 3 atom stereocenters. The van der Waals surface area contributed by atoms with Gasteiger partial charge in [-0.05, 0) is 19.3 Å². The number of nitrogens with one attached hydrogen (secondary N) is 1. The van der Waals surface area contributed by atoms with Crippen molar-refractivity contribution in [3.63, 3.8) is 0 Å². The summed E-state index contributed by atoms with van der Waals surface area (Å²) in [5.74, 6) is 0.321. The van der Waals surface area contributed by atoms with Gasteiger partial charge in [0.15, 0.2) is 0 Å². The standard InChI is InChI=1S/C14H28N2O2/c1-9(2)8-18-12-7-11(14(12,4)5)16-10(3)6-13(15)17/h9-12,16H,6-8H2,1-5H3,(H2,15,17). The van der Waals surface area contributed by atoms with E-state index < -0.39 is 0 Å². The summed E-state index contributed by atoms with van der Waals surface area (Å²) in [5.41, 5.74) is 5.33. The predicted molar refractivity (Wildman–Crippen MR) is 73.2 cm³/mol. The predicted octanol–water partition coefficient (Wildman–Crippen LogP) is 1.68. The van der Waals surface area contributed by atoms with Gasteiger partial charge in [-0.1, -0.05) is 27.7 Å². The molecule has 1 aliphatic carbocycles. The molecule has 0 spiro atoms. The molecule has 0 aliphatic heterocycles. The van der Waals surface area contributed by atoms with Crippen LogP contribution in [-0.2, 0) is 9.53 Å². The summed E-state index contributed by atoms with van der Waals surface area (Å²) in [5, 5.41) is 3.47. The van der Waals surface area contributed by atoms with Gasteiger partial charge >= 0.3 is 0 Å². The van der Waals surface area contributed by atoms with Crippen LogP contribution in [0.4, 0.5) is 0 Å². The lowest BCUT2D eigenvalue weighted by Crippen LogP contribution is -2.62. The third-order valence-corrected chi connectivity index (χ3v) is 3.80. The molecule has 0 aromatic rings. The van der Waals surface area contributed by atoms with Crippen LogP contribution in [0.3, 0.4) is 0 Å². The van der Waals surface area contributed by atoms with Crippen molar-refractivity contribution in [1.29, 1.82) is 0 Å². The molecule has 0 bridgehead atoms. The molecular formula is C14H28N2O2. The minimum absolute atomic E-state index is 0.126. The minimum Gasteiger partial charge on any atom is -0.377 e. The fraction of sp³-hybridized carbons (Fsp3) is 0.929. The molecule has 0 radical (unpaired) electrons. The number of ether oxygens (including phenoxy) is 1. The van der Waals surface area contributed by atoms with Crippen LogP contribution in [0.5, 0.6) is 0 Å². The van der Waals surface area contributed by atoms with E-state index in [1.807, 2.05) is 6.92 Å². The maximum absolute atomic E-state index is 10.9. The molecule has 4 nitrogen and oxygen atoms in total. The lowest BCUT2D eigenvalue weighted by atomic mass is 9.64. The van der Waals surface area contributed by atoms with Crippen LogP contribution in [0.15, 0.2) is 0 Å². The Morgan fingerprint density at radius 1 is 1.44 bits per heavy atom. The van der Waals surface area contributed by atoms with Gasteiger partial charge in [0, 0.05) is 30.5 Å². The third kappa shape index (κ3) is 3.95. The van der Waals surface area contributed by atoms with Gasteiger partial charge in [0.05, 0.1) is 6.10 Å². The summed E-state index contributed by atoms with van der Waals surface area (Å²) in [4.78, 5) is 10.9. The zero-order chi connectivity index (χ0) is 13.9. The van der Waals surface area contributed by atoms with Crippen LogP contribution in [0.1, 0.15) is 47.5 Å². The zero-order valence-corrected chi connectivity index (χ0v) is 12.3. The van der Waals surface area contributed by atoms with Gasteiger partial charge in [-0.2, -0.15) is 0 Å². The first-order valence-corrected chi connectivity index (χ1v) is 6.89. The van der Waals surface area contributed by atoms with Crippen LogP contribution in [0.2, 0.25) is 0 Å². The van der Waals surface area contributed by atoms with Crippen molar-refractivity contribution in [3.8, 4) is 0 Å². The van der Waals surface area contributed by atoms with Crippen molar-refractivity contribution in [2.75, 3.05) is 6.61 Å². The fourth-order valence-electron chi connectivity index (χ4n) is 2.46. The SMILES string of the molecule is CC(C)COC1CC(NC(C)CC(N)=O)C1(C)C. The topological polar surface area (TPSA) is 64.3 Å². The van der Waals surface area contributed by atoms with E-state index in [-0.39, 0.29) is 17.4 Å². The van der Waals surface area contributed by atoms with Gasteiger partial charge < -0.3 is 15.8 Å². The number of hydrogen-bond donors (Lipinski definition) is 2. The molecule has 1 rings (SSSR count). The Kier molecular flexibility index (Phi) is 5.17. The van der Waals surface area contributed by atoms with Crippen LogP contribution >= 0.6 is 0 Å². The van der Waals surface area contributed by atoms with E-state index in [9.17, 15) is 4.79 Å². The van der Waals surface area contributed by atoms with E-state index in [1.54, 1.807) is 0 Å². The highest BCUT2D eigenvalue weighted by Gasteiger charge is 2.49. The Morgan fingerprint density at radius 3 is 2.50 bits per heavy atom. The van der Waals surface area contributed by atoms with E-state index in [2.05, 4.69) is 33.0 Å². The van der Waals surface area contributed by atoms with Crippen LogP contribution in [0.25, 0.3) is 0 Å². The number of amides is 1. The molecule has 0 aromatic heterocycles. The second-order valence-electron chi connectivity index (χ2n) is 6.56. The highest BCUT2D eigenvalue weighted by molar-refractivity contribution is 5.74. The van der Waals surface area contributed by atoms with Gasteiger partial charge in [-0.25, -0.2) is 0 Å². The Balaban J connectivity index is 2.36. The zero-order valence-electron chi connectivity index (χ0n) is 12.3. The minimum atomic E-state index is -0.250. The molecule has 0 heterocycles. The summed E-state index contributed by atoms with van der Waals surface area (Å²) in [6.45, 7) is 11.6. The summed E-state index contributed by atoms with van der Waals surface area (Å²) >= 11 is 0. The van der Waals surface area contributed by atoms with Crippen molar-refractivity contribution in [2.45, 2.75) is 65.6 Å². The van der Waals surface area contributed by atoms with E-state index >= 15 is 0 Å². The molecule has 106 valence electrons. The van der Waals surface area contributed by atoms with E-state index in [4.69, 9.17) is 10.5 Å². The van der Waals surface area contributed by atoms with Crippen molar-refractivity contribution < 1.29 is 9.53 Å². The lowest BCUT2D eigenvalue weighted by Gasteiger charge is -2.53. The Bertz CT molecular complexity index is 290. The summed E-state index contributed by atoms with van der Waals surface area (Å²) in [6, 6.07) is 0.543. The molecular weight excluding hydrogens is 228 g/mol. The normalized spacial score (nSPS) is 27.9. The van der Waals surface area contributed by atoms with Crippen molar-refractivity contribution >= 4 is 5.91 Å². The van der Waals surface area contributed by atoms with Crippen LogP contribution in [0, 0.1) is 11.3 Å². The molecule has 0 aromatic carbocycles. The van der Waals surface area contributed by atoms with Gasteiger partial charge in [0.25, 0.3) is 0 Å². The summed E-state index contributed by atoms with van der Waals surface area (Å²) in [7, 11) is 0. The quantitative estimate of drug-likeness (QED) is 0.728. The molecule has 3 unspecified atom stereocenters. The average Bonchev–Trinajstić information content (AvgIpc) is 2.20. The van der Waals surface area contributed by atoms with Crippen molar-refractivity contribution in [3.05, 3.63) is 0 Å². The average molecular weight is 256 g/mol. The second-order valence-corrected chi connectivity index (χ2v) is 6.56. The summed E-state index contributed by atoms with van der Waals surface area (Å²) in [6.07, 6.45) is 1.73. The first-order valence-electron chi connectivity index (χ1n) is 6.89. The number of carbonyl (C=O) groups excluding carboxylic acids is 1. The van der Waals surface area contributed by atoms with Crippen LogP contribution < -0.4 is 11.1 Å². The number of primary amides is 1. The maximum atomic E-state index is 10.9. The fourth-order valence-corrected chi connectivity index (χ4v) is 2.46. The van der Waals surface area contributed by atoms with Gasteiger partial charge in [0.2, 0.25) is 5.91 Å². The molecule has 1 fully saturated rings. The monoisotopic (exact) mass is 256 g/mol. The highest BCUT2D eigenvalue weighted by Crippen LogP contribution is 2.43. The smallest absolute Gasteiger partial charge is 0.218 e. The van der Waals surface area contributed by atoms with Gasteiger partial charge in [0.1, 0.15) is 0 Å². The number of hydrogen-bond acceptors (Lipinski definition) is 3. The second kappa shape index (κ2) is 6.02. The first-order chi connectivity index (χ1) is 8.23. The lowest BCUT2D eigenvalue weighted by molar-refractivity contribution is -0.127. The van der Waals surface area contributed by atoms with E-state index in [0.29, 0.717) is 24.5 Å². The molecule has 0 saturated heterocycles. The van der Waals surface area contributed by atoms with Gasteiger partial charge in [-0.3, -0.25) is 4.79 Å². The number of carbonyl (C=O) groups is 1. The number of rotatable bonds is 7. The van der Waals surface area contributed by atoms with Crippen molar-refractivity contribution in [2.24, 2.45) is 17.1 Å². The van der Waals surface area contributed by atoms with E-state index in [0.717, 1.165) is 13.0 Å². The number of nitrogens with two attached hydrogens (primary N) is 1. The Labute approximate surface area is 111 Å². The Morgan fingerprint density at radius 2 is 2.06 bits per heavy atom.